The SMILES string of the molecule is NS(=O)(=O)CC1CC(=O)N(c2ncc(Cl)nc2Br)C1. The Kier molecular flexibility index (Phi) is 4.09. The van der Waals surface area contributed by atoms with Gasteiger partial charge in [0.2, 0.25) is 15.9 Å². The molecule has 0 saturated carbocycles. The van der Waals surface area contributed by atoms with Gasteiger partial charge in [-0.3, -0.25) is 9.69 Å². The molecule has 2 rings (SSSR count). The third-order valence-electron chi connectivity index (χ3n) is 2.61. The normalized spacial score (nSPS) is 20.1. The zero-order chi connectivity index (χ0) is 14.2. The van der Waals surface area contributed by atoms with E-state index in [2.05, 4.69) is 25.9 Å². The third kappa shape index (κ3) is 3.62. The Hall–Kier alpha value is -0.770. The molecule has 10 heteroatoms. The van der Waals surface area contributed by atoms with E-state index >= 15 is 0 Å². The lowest BCUT2D eigenvalue weighted by atomic mass is 10.1. The smallest absolute Gasteiger partial charge is 0.228 e. The Morgan fingerprint density at radius 2 is 2.26 bits per heavy atom. The predicted molar refractivity (Wildman–Crippen MR) is 73.2 cm³/mol. The van der Waals surface area contributed by atoms with E-state index in [1.807, 2.05) is 0 Å². The molecule has 0 spiro atoms. The van der Waals surface area contributed by atoms with Crippen LogP contribution in [0.2, 0.25) is 5.15 Å². The molecule has 1 saturated heterocycles. The highest BCUT2D eigenvalue weighted by Crippen LogP contribution is 2.29. The van der Waals surface area contributed by atoms with Gasteiger partial charge < -0.3 is 0 Å². The monoisotopic (exact) mass is 368 g/mol. The summed E-state index contributed by atoms with van der Waals surface area (Å²) in [6.07, 6.45) is 1.44. The van der Waals surface area contributed by atoms with Gasteiger partial charge in [-0.15, -0.1) is 0 Å². The van der Waals surface area contributed by atoms with E-state index < -0.39 is 10.0 Å². The van der Waals surface area contributed by atoms with Gasteiger partial charge in [0.1, 0.15) is 5.15 Å². The fraction of sp³-hybridized carbons (Fsp3) is 0.444. The second-order valence-corrected chi connectivity index (χ2v) is 7.01. The summed E-state index contributed by atoms with van der Waals surface area (Å²) in [5, 5.41) is 5.18. The van der Waals surface area contributed by atoms with Gasteiger partial charge in [0.05, 0.1) is 11.9 Å². The maximum Gasteiger partial charge on any atom is 0.228 e. The van der Waals surface area contributed by atoms with E-state index in [9.17, 15) is 13.2 Å². The summed E-state index contributed by atoms with van der Waals surface area (Å²) in [7, 11) is -3.60. The number of nitrogens with zero attached hydrogens (tertiary/aromatic N) is 3. The minimum Gasteiger partial charge on any atom is -0.294 e. The van der Waals surface area contributed by atoms with E-state index in [1.54, 1.807) is 0 Å². The summed E-state index contributed by atoms with van der Waals surface area (Å²) in [5.41, 5.74) is 0. The maximum absolute atomic E-state index is 11.9. The van der Waals surface area contributed by atoms with Crippen molar-refractivity contribution >= 4 is 49.3 Å². The van der Waals surface area contributed by atoms with Crippen LogP contribution in [0.15, 0.2) is 10.8 Å². The topological polar surface area (TPSA) is 106 Å². The van der Waals surface area contributed by atoms with Gasteiger partial charge in [0.15, 0.2) is 10.4 Å². The first kappa shape index (κ1) is 14.6. The summed E-state index contributed by atoms with van der Waals surface area (Å²) >= 11 is 8.84. The summed E-state index contributed by atoms with van der Waals surface area (Å²) < 4.78 is 22.4. The molecule has 1 unspecified atom stereocenters. The van der Waals surface area contributed by atoms with Crippen molar-refractivity contribution in [1.82, 2.24) is 9.97 Å². The van der Waals surface area contributed by atoms with Crippen LogP contribution in [0.25, 0.3) is 0 Å². The van der Waals surface area contributed by atoms with Crippen LogP contribution in [0.4, 0.5) is 5.82 Å². The molecule has 1 aliphatic rings. The van der Waals surface area contributed by atoms with Crippen LogP contribution in [0.1, 0.15) is 6.42 Å². The highest BCUT2D eigenvalue weighted by atomic mass is 79.9. The number of hydrogen-bond donors (Lipinski definition) is 1. The highest BCUT2D eigenvalue weighted by molar-refractivity contribution is 9.10. The molecular formula is C9H10BrClN4O3S. The zero-order valence-corrected chi connectivity index (χ0v) is 12.7. The van der Waals surface area contributed by atoms with Crippen molar-refractivity contribution in [3.8, 4) is 0 Å². The van der Waals surface area contributed by atoms with E-state index in [0.717, 1.165) is 0 Å². The van der Waals surface area contributed by atoms with Crippen molar-refractivity contribution in [2.45, 2.75) is 6.42 Å². The average Bonchev–Trinajstić information content (AvgIpc) is 2.56. The van der Waals surface area contributed by atoms with Crippen LogP contribution in [-0.2, 0) is 14.8 Å². The Bertz CT molecular complexity index is 624. The number of carbonyl (C=O) groups excluding carboxylic acids is 1. The van der Waals surface area contributed by atoms with Crippen molar-refractivity contribution in [3.63, 3.8) is 0 Å². The minimum absolute atomic E-state index is 0.118. The molecule has 0 aliphatic carbocycles. The molecule has 1 atom stereocenters. The van der Waals surface area contributed by atoms with Crippen molar-refractivity contribution < 1.29 is 13.2 Å². The van der Waals surface area contributed by atoms with Gasteiger partial charge in [-0.2, -0.15) is 0 Å². The highest BCUT2D eigenvalue weighted by Gasteiger charge is 2.34. The first-order valence-electron chi connectivity index (χ1n) is 5.25. The van der Waals surface area contributed by atoms with Crippen molar-refractivity contribution in [3.05, 3.63) is 16.0 Å². The number of nitrogens with two attached hydrogens (primary N) is 1. The minimum atomic E-state index is -3.60. The number of amides is 1. The summed E-state index contributed by atoms with van der Waals surface area (Å²) in [4.78, 5) is 21.2. The maximum atomic E-state index is 11.9. The number of rotatable bonds is 3. The quantitative estimate of drug-likeness (QED) is 0.836. The molecule has 0 aromatic carbocycles. The molecule has 1 aromatic heterocycles. The number of halogens is 2. The predicted octanol–water partition coefficient (Wildman–Crippen LogP) is 0.534. The average molecular weight is 370 g/mol. The van der Waals surface area contributed by atoms with Gasteiger partial charge >= 0.3 is 0 Å². The number of anilines is 1. The third-order valence-corrected chi connectivity index (χ3v) is 4.26. The van der Waals surface area contributed by atoms with Crippen LogP contribution in [0, 0.1) is 5.92 Å². The largest absolute Gasteiger partial charge is 0.294 e. The first-order chi connectivity index (χ1) is 8.76. The van der Waals surface area contributed by atoms with Gasteiger partial charge in [-0.05, 0) is 15.9 Å². The van der Waals surface area contributed by atoms with Crippen LogP contribution >= 0.6 is 27.5 Å². The molecule has 1 fully saturated rings. The summed E-state index contributed by atoms with van der Waals surface area (Å²) in [6, 6.07) is 0. The number of carbonyl (C=O) groups is 1. The fourth-order valence-corrected chi connectivity index (χ4v) is 3.57. The second kappa shape index (κ2) is 5.31. The van der Waals surface area contributed by atoms with E-state index in [-0.39, 0.29) is 35.7 Å². The zero-order valence-electron chi connectivity index (χ0n) is 9.58. The van der Waals surface area contributed by atoms with Crippen molar-refractivity contribution in [2.75, 3.05) is 17.2 Å². The number of sulfonamides is 1. The molecule has 1 amide bonds. The molecule has 19 heavy (non-hydrogen) atoms. The lowest BCUT2D eigenvalue weighted by Crippen LogP contribution is -2.28. The Labute approximate surface area is 123 Å². The van der Waals surface area contributed by atoms with Gasteiger partial charge in [-0.25, -0.2) is 23.5 Å². The van der Waals surface area contributed by atoms with Crippen molar-refractivity contribution in [1.29, 1.82) is 0 Å². The molecular weight excluding hydrogens is 360 g/mol. The Morgan fingerprint density at radius 1 is 1.58 bits per heavy atom. The van der Waals surface area contributed by atoms with E-state index in [0.29, 0.717) is 10.4 Å². The molecule has 0 radical (unpaired) electrons. The Balaban J connectivity index is 2.20. The number of hydrogen-bond acceptors (Lipinski definition) is 5. The summed E-state index contributed by atoms with van der Waals surface area (Å²) in [5.74, 6) is -0.461. The van der Waals surface area contributed by atoms with Crippen molar-refractivity contribution in [2.24, 2.45) is 11.1 Å². The van der Waals surface area contributed by atoms with E-state index in [1.165, 1.54) is 11.1 Å². The summed E-state index contributed by atoms with van der Waals surface area (Å²) in [6.45, 7) is 0.240. The van der Waals surface area contributed by atoms with Crippen LogP contribution in [0.3, 0.4) is 0 Å². The lowest BCUT2D eigenvalue weighted by Gasteiger charge is -2.16. The number of primary sulfonamides is 1. The lowest BCUT2D eigenvalue weighted by molar-refractivity contribution is -0.117. The molecule has 104 valence electrons. The molecule has 2 heterocycles. The van der Waals surface area contributed by atoms with Crippen LogP contribution in [0.5, 0.6) is 0 Å². The van der Waals surface area contributed by atoms with Crippen LogP contribution < -0.4 is 10.0 Å². The standard InChI is InChI=1S/C9H10BrClN4O3S/c10-8-9(13-2-6(11)14-8)15-3-5(1-7(15)16)4-19(12,17)18/h2,5H,1,3-4H2,(H2,12,17,18). The van der Waals surface area contributed by atoms with Crippen LogP contribution in [-0.4, -0.2) is 36.6 Å². The fourth-order valence-electron chi connectivity index (χ4n) is 1.95. The van der Waals surface area contributed by atoms with Gasteiger partial charge in [-0.1, -0.05) is 11.6 Å². The molecule has 0 bridgehead atoms. The Morgan fingerprint density at radius 3 is 2.84 bits per heavy atom. The molecule has 7 nitrogen and oxygen atoms in total. The number of aromatic nitrogens is 2. The van der Waals surface area contributed by atoms with Gasteiger partial charge in [0, 0.05) is 18.9 Å². The van der Waals surface area contributed by atoms with E-state index in [4.69, 9.17) is 16.7 Å². The van der Waals surface area contributed by atoms with Gasteiger partial charge in [0.25, 0.3) is 0 Å². The molecule has 2 N–H and O–H groups in total. The molecule has 1 aromatic rings. The second-order valence-electron chi connectivity index (χ2n) is 4.21. The molecule has 1 aliphatic heterocycles. The first-order valence-corrected chi connectivity index (χ1v) is 8.14.